The molecule has 0 N–H and O–H groups in total. The molecule has 5 heteroatoms. The highest BCUT2D eigenvalue weighted by molar-refractivity contribution is 5.95. The lowest BCUT2D eigenvalue weighted by atomic mass is 9.98. The summed E-state index contributed by atoms with van der Waals surface area (Å²) in [6, 6.07) is 0. The highest BCUT2D eigenvalue weighted by atomic mass is 16.2. The molecule has 16 heavy (non-hydrogen) atoms. The van der Waals surface area contributed by atoms with Crippen LogP contribution >= 0.6 is 0 Å². The van der Waals surface area contributed by atoms with Crippen molar-refractivity contribution in [2.24, 2.45) is 5.92 Å². The van der Waals surface area contributed by atoms with Gasteiger partial charge in [-0.15, -0.1) is 0 Å². The SMILES string of the molecule is CC1CN(C(=O)c2cncnc2)CCC1=O. The lowest BCUT2D eigenvalue weighted by Crippen LogP contribution is -2.43. The molecule has 1 aliphatic rings. The fourth-order valence-corrected chi connectivity index (χ4v) is 1.79. The van der Waals surface area contributed by atoms with Crippen molar-refractivity contribution < 1.29 is 9.59 Å². The maximum absolute atomic E-state index is 12.0. The second kappa shape index (κ2) is 4.38. The van der Waals surface area contributed by atoms with Gasteiger partial charge in [0.05, 0.1) is 5.56 Å². The number of amides is 1. The summed E-state index contributed by atoms with van der Waals surface area (Å²) in [4.78, 5) is 32.6. The second-order valence-corrected chi connectivity index (χ2v) is 4.00. The van der Waals surface area contributed by atoms with E-state index in [1.165, 1.54) is 18.7 Å². The summed E-state index contributed by atoms with van der Waals surface area (Å²) in [7, 11) is 0. The highest BCUT2D eigenvalue weighted by Crippen LogP contribution is 2.14. The van der Waals surface area contributed by atoms with E-state index in [9.17, 15) is 9.59 Å². The van der Waals surface area contributed by atoms with Crippen molar-refractivity contribution in [3.05, 3.63) is 24.3 Å². The minimum Gasteiger partial charge on any atom is -0.337 e. The molecule has 2 heterocycles. The van der Waals surface area contributed by atoms with E-state index in [0.29, 0.717) is 25.1 Å². The van der Waals surface area contributed by atoms with Crippen molar-refractivity contribution in [3.8, 4) is 0 Å². The van der Waals surface area contributed by atoms with Gasteiger partial charge in [-0.25, -0.2) is 9.97 Å². The van der Waals surface area contributed by atoms with E-state index in [0.717, 1.165) is 0 Å². The molecule has 1 aliphatic heterocycles. The number of Topliss-reactive ketones (excluding diaryl/α,β-unsaturated/α-hetero) is 1. The Morgan fingerprint density at radius 3 is 2.75 bits per heavy atom. The minimum absolute atomic E-state index is 0.0673. The van der Waals surface area contributed by atoms with E-state index in [2.05, 4.69) is 9.97 Å². The largest absolute Gasteiger partial charge is 0.337 e. The van der Waals surface area contributed by atoms with Crippen LogP contribution in [0.1, 0.15) is 23.7 Å². The third-order valence-electron chi connectivity index (χ3n) is 2.77. The fraction of sp³-hybridized carbons (Fsp3) is 0.455. The van der Waals surface area contributed by atoms with Gasteiger partial charge >= 0.3 is 0 Å². The molecule has 1 aromatic rings. The van der Waals surface area contributed by atoms with E-state index in [1.54, 1.807) is 4.90 Å². The highest BCUT2D eigenvalue weighted by Gasteiger charge is 2.27. The number of carbonyl (C=O) groups is 2. The Labute approximate surface area is 93.5 Å². The van der Waals surface area contributed by atoms with Crippen LogP contribution < -0.4 is 0 Å². The Hall–Kier alpha value is -1.78. The molecule has 84 valence electrons. The molecule has 5 nitrogen and oxygen atoms in total. The van der Waals surface area contributed by atoms with Gasteiger partial charge in [-0.05, 0) is 0 Å². The third-order valence-corrected chi connectivity index (χ3v) is 2.77. The standard InChI is InChI=1S/C11H13N3O2/c1-8-6-14(3-2-10(8)15)11(16)9-4-12-7-13-5-9/h4-5,7-8H,2-3,6H2,1H3. The summed E-state index contributed by atoms with van der Waals surface area (Å²) in [6.07, 6.45) is 4.83. The van der Waals surface area contributed by atoms with Crippen LogP contribution in [-0.2, 0) is 4.79 Å². The maximum Gasteiger partial charge on any atom is 0.257 e. The lowest BCUT2D eigenvalue weighted by molar-refractivity contribution is -0.124. The summed E-state index contributed by atoms with van der Waals surface area (Å²) >= 11 is 0. The first-order chi connectivity index (χ1) is 7.68. The predicted molar refractivity (Wildman–Crippen MR) is 56.7 cm³/mol. The van der Waals surface area contributed by atoms with Crippen molar-refractivity contribution in [1.29, 1.82) is 0 Å². The van der Waals surface area contributed by atoms with Crippen LogP contribution in [0.2, 0.25) is 0 Å². The van der Waals surface area contributed by atoms with E-state index in [-0.39, 0.29) is 17.6 Å². The normalized spacial score (nSPS) is 20.9. The molecule has 1 atom stereocenters. The van der Waals surface area contributed by atoms with Crippen molar-refractivity contribution in [2.45, 2.75) is 13.3 Å². The van der Waals surface area contributed by atoms with E-state index >= 15 is 0 Å². The van der Waals surface area contributed by atoms with Crippen LogP contribution in [0.3, 0.4) is 0 Å². The fourth-order valence-electron chi connectivity index (χ4n) is 1.79. The number of ketones is 1. The second-order valence-electron chi connectivity index (χ2n) is 4.00. The van der Waals surface area contributed by atoms with Gasteiger partial charge < -0.3 is 4.90 Å². The van der Waals surface area contributed by atoms with Crippen LogP contribution in [0.25, 0.3) is 0 Å². The van der Waals surface area contributed by atoms with Gasteiger partial charge in [0.2, 0.25) is 0 Å². The molecule has 0 radical (unpaired) electrons. The van der Waals surface area contributed by atoms with E-state index < -0.39 is 0 Å². The molecule has 1 unspecified atom stereocenters. The Morgan fingerprint density at radius 2 is 2.12 bits per heavy atom. The molecule has 0 spiro atoms. The summed E-state index contributed by atoms with van der Waals surface area (Å²) in [5.74, 6) is 0.0654. The van der Waals surface area contributed by atoms with Crippen LogP contribution in [0.4, 0.5) is 0 Å². The van der Waals surface area contributed by atoms with Crippen LogP contribution in [0.5, 0.6) is 0 Å². The smallest absolute Gasteiger partial charge is 0.257 e. The van der Waals surface area contributed by atoms with Gasteiger partial charge in [0.1, 0.15) is 12.1 Å². The number of carbonyl (C=O) groups excluding carboxylic acids is 2. The quantitative estimate of drug-likeness (QED) is 0.691. The maximum atomic E-state index is 12.0. The van der Waals surface area contributed by atoms with E-state index in [4.69, 9.17) is 0 Å². The molecule has 1 amide bonds. The number of hydrogen-bond acceptors (Lipinski definition) is 4. The molecule has 1 fully saturated rings. The molecule has 1 aromatic heterocycles. The first kappa shape index (κ1) is 10.7. The zero-order valence-corrected chi connectivity index (χ0v) is 9.09. The first-order valence-electron chi connectivity index (χ1n) is 5.25. The minimum atomic E-state index is -0.0973. The molecule has 0 saturated carbocycles. The molecule has 0 bridgehead atoms. The Balaban J connectivity index is 2.09. The summed E-state index contributed by atoms with van der Waals surface area (Å²) in [5, 5.41) is 0. The number of aromatic nitrogens is 2. The van der Waals surface area contributed by atoms with Gasteiger partial charge in [-0.1, -0.05) is 6.92 Å². The van der Waals surface area contributed by atoms with E-state index in [1.807, 2.05) is 6.92 Å². The van der Waals surface area contributed by atoms with Crippen molar-refractivity contribution in [2.75, 3.05) is 13.1 Å². The molecule has 1 saturated heterocycles. The van der Waals surface area contributed by atoms with Crippen molar-refractivity contribution >= 4 is 11.7 Å². The molecule has 2 rings (SSSR count). The Kier molecular flexibility index (Phi) is 2.94. The third kappa shape index (κ3) is 2.08. The molecular formula is C11H13N3O2. The van der Waals surface area contributed by atoms with Gasteiger partial charge in [0.15, 0.2) is 0 Å². The zero-order valence-electron chi connectivity index (χ0n) is 9.09. The number of rotatable bonds is 1. The lowest BCUT2D eigenvalue weighted by Gasteiger charge is -2.29. The van der Waals surface area contributed by atoms with Gasteiger partial charge in [-0.3, -0.25) is 9.59 Å². The summed E-state index contributed by atoms with van der Waals surface area (Å²) in [6.45, 7) is 2.84. The number of piperidine rings is 1. The number of likely N-dealkylation sites (tertiary alicyclic amines) is 1. The Morgan fingerprint density at radius 1 is 1.44 bits per heavy atom. The van der Waals surface area contributed by atoms with Crippen LogP contribution in [0, 0.1) is 5.92 Å². The van der Waals surface area contributed by atoms with Crippen LogP contribution in [-0.4, -0.2) is 39.6 Å². The average Bonchev–Trinajstić information content (AvgIpc) is 2.33. The summed E-state index contributed by atoms with van der Waals surface area (Å²) < 4.78 is 0. The molecular weight excluding hydrogens is 206 g/mol. The number of nitrogens with zero attached hydrogens (tertiary/aromatic N) is 3. The summed E-state index contributed by atoms with van der Waals surface area (Å²) in [5.41, 5.74) is 0.476. The topological polar surface area (TPSA) is 63.2 Å². The van der Waals surface area contributed by atoms with Gasteiger partial charge in [0, 0.05) is 37.8 Å². The monoisotopic (exact) mass is 219 g/mol. The van der Waals surface area contributed by atoms with Crippen molar-refractivity contribution in [3.63, 3.8) is 0 Å². The van der Waals surface area contributed by atoms with Gasteiger partial charge in [-0.2, -0.15) is 0 Å². The number of hydrogen-bond donors (Lipinski definition) is 0. The Bertz CT molecular complexity index is 405. The zero-order chi connectivity index (χ0) is 11.5. The molecule has 0 aromatic carbocycles. The van der Waals surface area contributed by atoms with Crippen LogP contribution in [0.15, 0.2) is 18.7 Å². The average molecular weight is 219 g/mol. The first-order valence-corrected chi connectivity index (χ1v) is 5.25. The van der Waals surface area contributed by atoms with Gasteiger partial charge in [0.25, 0.3) is 5.91 Å². The predicted octanol–water partition coefficient (Wildman–Crippen LogP) is 0.528. The molecule has 0 aliphatic carbocycles. The van der Waals surface area contributed by atoms with Crippen molar-refractivity contribution in [1.82, 2.24) is 14.9 Å².